The van der Waals surface area contributed by atoms with Gasteiger partial charge in [-0.05, 0) is 38.8 Å². The van der Waals surface area contributed by atoms with E-state index in [2.05, 4.69) is 15.4 Å². The first-order valence-corrected chi connectivity index (χ1v) is 10.2. The van der Waals surface area contributed by atoms with Crippen LogP contribution in [-0.4, -0.2) is 43.6 Å². The minimum atomic E-state index is -0.312. The van der Waals surface area contributed by atoms with Crippen molar-refractivity contribution in [2.45, 2.75) is 51.6 Å². The van der Waals surface area contributed by atoms with Gasteiger partial charge in [-0.1, -0.05) is 17.7 Å². The van der Waals surface area contributed by atoms with Gasteiger partial charge in [0.25, 0.3) is 0 Å². The summed E-state index contributed by atoms with van der Waals surface area (Å²) in [6.45, 7) is 6.55. The van der Waals surface area contributed by atoms with Crippen LogP contribution in [0.15, 0.2) is 30.7 Å². The lowest BCUT2D eigenvalue weighted by atomic mass is 9.93. The molecule has 2 aromatic rings. The Morgan fingerprint density at radius 3 is 2.76 bits per heavy atom. The number of aryl methyl sites for hydroxylation is 2. The normalized spacial score (nSPS) is 19.6. The number of rotatable bonds is 6. The fourth-order valence-electron chi connectivity index (χ4n) is 3.98. The van der Waals surface area contributed by atoms with Crippen LogP contribution in [0.2, 0.25) is 5.15 Å². The Bertz CT molecular complexity index is 889. The van der Waals surface area contributed by atoms with Crippen molar-refractivity contribution in [3.05, 3.63) is 47.0 Å². The molecular weight excluding hydrogens is 390 g/mol. The second kappa shape index (κ2) is 8.53. The van der Waals surface area contributed by atoms with Crippen molar-refractivity contribution in [3.8, 4) is 0 Å². The molecule has 3 heterocycles. The standard InChI is InChI=1S/C21H28ClN5O2/c1-21(2,3)27-18(29)10-15(19(27)16-12-25-26(4)13-16)11-24-17(28)8-7-14-6-5-9-23-20(14)22/h5-6,9,12-13,15,19H,7-8,10-11H2,1-4H3,(H,24,28)/t15-,19+/m1/s1. The molecule has 29 heavy (non-hydrogen) atoms. The third-order valence-corrected chi connectivity index (χ3v) is 5.58. The second-order valence-corrected chi connectivity index (χ2v) is 8.91. The van der Waals surface area contributed by atoms with Gasteiger partial charge in [0.05, 0.1) is 12.2 Å². The zero-order valence-electron chi connectivity index (χ0n) is 17.4. The molecule has 0 bridgehead atoms. The Labute approximate surface area is 176 Å². The highest BCUT2D eigenvalue weighted by atomic mass is 35.5. The fraction of sp³-hybridized carbons (Fsp3) is 0.524. The molecule has 0 aromatic carbocycles. The first-order chi connectivity index (χ1) is 13.7. The highest BCUT2D eigenvalue weighted by Crippen LogP contribution is 2.42. The summed E-state index contributed by atoms with van der Waals surface area (Å²) in [4.78, 5) is 31.1. The summed E-state index contributed by atoms with van der Waals surface area (Å²) < 4.78 is 1.74. The van der Waals surface area contributed by atoms with Crippen LogP contribution in [0.1, 0.15) is 50.8 Å². The molecule has 156 valence electrons. The summed E-state index contributed by atoms with van der Waals surface area (Å²) >= 11 is 6.06. The van der Waals surface area contributed by atoms with Crippen molar-refractivity contribution >= 4 is 23.4 Å². The lowest BCUT2D eigenvalue weighted by Crippen LogP contribution is -2.44. The van der Waals surface area contributed by atoms with Crippen molar-refractivity contribution in [3.63, 3.8) is 0 Å². The monoisotopic (exact) mass is 417 g/mol. The van der Waals surface area contributed by atoms with Crippen molar-refractivity contribution in [2.24, 2.45) is 13.0 Å². The number of pyridine rings is 1. The van der Waals surface area contributed by atoms with Gasteiger partial charge >= 0.3 is 0 Å². The summed E-state index contributed by atoms with van der Waals surface area (Å²) in [7, 11) is 1.86. The number of halogens is 1. The first-order valence-electron chi connectivity index (χ1n) is 9.83. The van der Waals surface area contributed by atoms with Crippen LogP contribution in [0.3, 0.4) is 0 Å². The molecule has 7 nitrogen and oxygen atoms in total. The summed E-state index contributed by atoms with van der Waals surface area (Å²) in [5.41, 5.74) is 1.54. The molecule has 8 heteroatoms. The minimum absolute atomic E-state index is 0.00291. The van der Waals surface area contributed by atoms with Crippen molar-refractivity contribution in [2.75, 3.05) is 6.54 Å². The minimum Gasteiger partial charge on any atom is -0.356 e. The molecule has 0 saturated carbocycles. The lowest BCUT2D eigenvalue weighted by molar-refractivity contribution is -0.133. The molecule has 0 unspecified atom stereocenters. The van der Waals surface area contributed by atoms with Crippen LogP contribution >= 0.6 is 11.6 Å². The number of amides is 2. The van der Waals surface area contributed by atoms with E-state index in [0.717, 1.165) is 11.1 Å². The number of carbonyl (C=O) groups is 2. The van der Waals surface area contributed by atoms with Crippen LogP contribution in [0.5, 0.6) is 0 Å². The molecule has 0 radical (unpaired) electrons. The van der Waals surface area contributed by atoms with Crippen molar-refractivity contribution in [1.82, 2.24) is 25.0 Å². The number of carbonyl (C=O) groups excluding carboxylic acids is 2. The maximum atomic E-state index is 12.8. The topological polar surface area (TPSA) is 80.1 Å². The van der Waals surface area contributed by atoms with Gasteiger partial charge in [0.1, 0.15) is 5.15 Å². The van der Waals surface area contributed by atoms with Gasteiger partial charge in [0.15, 0.2) is 0 Å². The third kappa shape index (κ3) is 4.96. The van der Waals surface area contributed by atoms with Gasteiger partial charge in [0, 0.05) is 55.8 Å². The van der Waals surface area contributed by atoms with Gasteiger partial charge < -0.3 is 10.2 Å². The zero-order valence-corrected chi connectivity index (χ0v) is 18.1. The second-order valence-electron chi connectivity index (χ2n) is 8.55. The summed E-state index contributed by atoms with van der Waals surface area (Å²) in [5, 5.41) is 7.71. The molecule has 1 saturated heterocycles. The number of hydrogen-bond acceptors (Lipinski definition) is 4. The van der Waals surface area contributed by atoms with E-state index < -0.39 is 0 Å². The molecule has 1 N–H and O–H groups in total. The predicted octanol–water partition coefficient (Wildman–Crippen LogP) is 2.91. The smallest absolute Gasteiger partial charge is 0.223 e. The van der Waals surface area contributed by atoms with Gasteiger partial charge in [0.2, 0.25) is 11.8 Å². The first kappa shape index (κ1) is 21.3. The van der Waals surface area contributed by atoms with E-state index in [0.29, 0.717) is 31.0 Å². The van der Waals surface area contributed by atoms with Crippen molar-refractivity contribution in [1.29, 1.82) is 0 Å². The predicted molar refractivity (Wildman–Crippen MR) is 111 cm³/mol. The van der Waals surface area contributed by atoms with E-state index in [9.17, 15) is 9.59 Å². The van der Waals surface area contributed by atoms with Gasteiger partial charge in [-0.3, -0.25) is 14.3 Å². The van der Waals surface area contributed by atoms with E-state index in [4.69, 9.17) is 11.6 Å². The third-order valence-electron chi connectivity index (χ3n) is 5.24. The number of nitrogens with one attached hydrogen (secondary N) is 1. The Morgan fingerprint density at radius 2 is 2.14 bits per heavy atom. The maximum absolute atomic E-state index is 12.8. The van der Waals surface area contributed by atoms with E-state index in [1.165, 1.54) is 0 Å². The molecule has 2 atom stereocenters. The molecule has 2 aromatic heterocycles. The number of hydrogen-bond donors (Lipinski definition) is 1. The fourth-order valence-corrected chi connectivity index (χ4v) is 4.19. The molecule has 2 amide bonds. The summed E-state index contributed by atoms with van der Waals surface area (Å²) in [6.07, 6.45) is 6.64. The SMILES string of the molecule is Cn1cc([C@@H]2[C@@H](CNC(=O)CCc3cccnc3Cl)CC(=O)N2C(C)(C)C)cn1. The Balaban J connectivity index is 1.66. The van der Waals surface area contributed by atoms with Gasteiger partial charge in [-0.2, -0.15) is 5.10 Å². The number of likely N-dealkylation sites (tertiary alicyclic amines) is 1. The Kier molecular flexibility index (Phi) is 6.27. The highest BCUT2D eigenvalue weighted by Gasteiger charge is 2.45. The largest absolute Gasteiger partial charge is 0.356 e. The van der Waals surface area contributed by atoms with Gasteiger partial charge in [-0.15, -0.1) is 0 Å². The quantitative estimate of drug-likeness (QED) is 0.733. The molecule has 1 fully saturated rings. The number of aromatic nitrogens is 3. The summed E-state index contributed by atoms with van der Waals surface area (Å²) in [6, 6.07) is 3.57. The molecular formula is C21H28ClN5O2. The molecule has 1 aliphatic heterocycles. The van der Waals surface area contributed by atoms with Crippen LogP contribution in [0.4, 0.5) is 0 Å². The van der Waals surface area contributed by atoms with E-state index in [1.807, 2.05) is 51.0 Å². The average molecular weight is 418 g/mol. The van der Waals surface area contributed by atoms with E-state index in [1.54, 1.807) is 17.1 Å². The van der Waals surface area contributed by atoms with E-state index in [-0.39, 0.29) is 29.3 Å². The van der Waals surface area contributed by atoms with Crippen LogP contribution in [0, 0.1) is 5.92 Å². The van der Waals surface area contributed by atoms with Crippen LogP contribution < -0.4 is 5.32 Å². The van der Waals surface area contributed by atoms with Crippen LogP contribution in [-0.2, 0) is 23.1 Å². The lowest BCUT2D eigenvalue weighted by Gasteiger charge is -2.38. The van der Waals surface area contributed by atoms with Crippen molar-refractivity contribution < 1.29 is 9.59 Å². The zero-order chi connectivity index (χ0) is 21.2. The highest BCUT2D eigenvalue weighted by molar-refractivity contribution is 6.30. The molecule has 3 rings (SSSR count). The average Bonchev–Trinajstić information content (AvgIpc) is 3.21. The molecule has 1 aliphatic rings. The van der Waals surface area contributed by atoms with Crippen LogP contribution in [0.25, 0.3) is 0 Å². The Morgan fingerprint density at radius 1 is 1.38 bits per heavy atom. The van der Waals surface area contributed by atoms with E-state index >= 15 is 0 Å². The molecule has 0 spiro atoms. The summed E-state index contributed by atoms with van der Waals surface area (Å²) in [5.74, 6) is 0.0427. The maximum Gasteiger partial charge on any atom is 0.223 e. The Hall–Kier alpha value is -2.41. The number of nitrogens with zero attached hydrogens (tertiary/aromatic N) is 4. The van der Waals surface area contributed by atoms with Gasteiger partial charge in [-0.25, -0.2) is 4.98 Å². The molecule has 0 aliphatic carbocycles.